The number of aromatic nitrogens is 1. The average Bonchev–Trinajstić information content (AvgIpc) is 2.51. The van der Waals surface area contributed by atoms with E-state index < -0.39 is 0 Å². The van der Waals surface area contributed by atoms with Crippen LogP contribution in [0.5, 0.6) is 0 Å². The van der Waals surface area contributed by atoms with Crippen molar-refractivity contribution in [3.63, 3.8) is 0 Å². The van der Waals surface area contributed by atoms with Crippen LogP contribution in [-0.4, -0.2) is 10.9 Å². The summed E-state index contributed by atoms with van der Waals surface area (Å²) in [7, 11) is 0. The highest BCUT2D eigenvalue weighted by molar-refractivity contribution is 5.91. The van der Waals surface area contributed by atoms with Crippen LogP contribution in [0.15, 0.2) is 54.9 Å². The number of benzene rings is 1. The lowest BCUT2D eigenvalue weighted by molar-refractivity contribution is -0.116. The van der Waals surface area contributed by atoms with Crippen LogP contribution in [0.4, 0.5) is 0 Å². The van der Waals surface area contributed by atoms with Gasteiger partial charge in [0.25, 0.3) is 0 Å². The quantitative estimate of drug-likeness (QED) is 0.873. The molecule has 0 atom stereocenters. The summed E-state index contributed by atoms with van der Waals surface area (Å²) in [5.41, 5.74) is 3.48. The Morgan fingerprint density at radius 3 is 2.32 bits per heavy atom. The molecule has 3 heteroatoms. The summed E-state index contributed by atoms with van der Waals surface area (Å²) in [6, 6.07) is 12.0. The molecule has 0 radical (unpaired) electrons. The molecule has 2 rings (SSSR count). The molecule has 1 N–H and O–H groups in total. The fourth-order valence-corrected chi connectivity index (χ4v) is 2.01. The molecule has 0 saturated carbocycles. The van der Waals surface area contributed by atoms with E-state index in [1.54, 1.807) is 18.5 Å². The van der Waals surface area contributed by atoms with Gasteiger partial charge in [0.2, 0.25) is 5.91 Å². The van der Waals surface area contributed by atoms with Gasteiger partial charge in [0.05, 0.1) is 0 Å². The predicted molar refractivity (Wildman–Crippen MR) is 90.3 cm³/mol. The van der Waals surface area contributed by atoms with Gasteiger partial charge in [0.15, 0.2) is 0 Å². The van der Waals surface area contributed by atoms with Gasteiger partial charge in [0, 0.05) is 25.0 Å². The smallest absolute Gasteiger partial charge is 0.244 e. The third-order valence-corrected chi connectivity index (χ3v) is 3.42. The summed E-state index contributed by atoms with van der Waals surface area (Å²) in [5.74, 6) is -0.100. The van der Waals surface area contributed by atoms with Gasteiger partial charge >= 0.3 is 0 Å². The minimum atomic E-state index is -0.100. The number of nitrogens with one attached hydrogen (secondary N) is 1. The second kappa shape index (κ2) is 7.03. The van der Waals surface area contributed by atoms with Gasteiger partial charge < -0.3 is 5.32 Å². The van der Waals surface area contributed by atoms with E-state index in [0.717, 1.165) is 11.1 Å². The van der Waals surface area contributed by atoms with E-state index in [4.69, 9.17) is 0 Å². The number of hydrogen-bond donors (Lipinski definition) is 1. The topological polar surface area (TPSA) is 42.0 Å². The lowest BCUT2D eigenvalue weighted by Crippen LogP contribution is -2.20. The molecule has 2 aromatic rings. The maximum absolute atomic E-state index is 11.8. The highest BCUT2D eigenvalue weighted by atomic mass is 16.1. The Kier molecular flexibility index (Phi) is 5.10. The number of nitrogens with zero attached hydrogens (tertiary/aromatic N) is 1. The standard InChI is InChI=1S/C19H22N2O/c1-19(2,3)17-7-4-15(5-8-17)6-9-18(22)21-14-16-10-12-20-13-11-16/h4-13H,14H2,1-3H3,(H,21,22)/b9-6+. The third kappa shape index (κ3) is 4.85. The van der Waals surface area contributed by atoms with E-state index in [1.807, 2.05) is 30.3 Å². The largest absolute Gasteiger partial charge is 0.348 e. The molecule has 0 fully saturated rings. The lowest BCUT2D eigenvalue weighted by atomic mass is 9.87. The third-order valence-electron chi connectivity index (χ3n) is 3.42. The van der Waals surface area contributed by atoms with Crippen molar-refractivity contribution in [2.24, 2.45) is 0 Å². The minimum Gasteiger partial charge on any atom is -0.348 e. The SMILES string of the molecule is CC(C)(C)c1ccc(/C=C/C(=O)NCc2ccncc2)cc1. The number of carbonyl (C=O) groups excluding carboxylic acids is 1. The van der Waals surface area contributed by atoms with Crippen molar-refractivity contribution in [3.05, 3.63) is 71.6 Å². The zero-order chi connectivity index (χ0) is 16.0. The summed E-state index contributed by atoms with van der Waals surface area (Å²) in [6.07, 6.45) is 6.82. The Morgan fingerprint density at radius 1 is 1.09 bits per heavy atom. The molecule has 1 amide bonds. The first-order chi connectivity index (χ1) is 10.4. The summed E-state index contributed by atoms with van der Waals surface area (Å²) >= 11 is 0. The van der Waals surface area contributed by atoms with Gasteiger partial charge in [-0.15, -0.1) is 0 Å². The Labute approximate surface area is 132 Å². The van der Waals surface area contributed by atoms with E-state index in [9.17, 15) is 4.79 Å². The number of rotatable bonds is 4. The number of pyridine rings is 1. The molecule has 22 heavy (non-hydrogen) atoms. The van der Waals surface area contributed by atoms with E-state index in [1.165, 1.54) is 5.56 Å². The molecule has 0 unspecified atom stereocenters. The zero-order valence-electron chi connectivity index (χ0n) is 13.3. The number of amides is 1. The van der Waals surface area contributed by atoms with Gasteiger partial charge in [-0.3, -0.25) is 9.78 Å². The molecule has 1 heterocycles. The Morgan fingerprint density at radius 2 is 1.73 bits per heavy atom. The van der Waals surface area contributed by atoms with Gasteiger partial charge in [-0.25, -0.2) is 0 Å². The average molecular weight is 294 g/mol. The summed E-state index contributed by atoms with van der Waals surface area (Å²) < 4.78 is 0. The van der Waals surface area contributed by atoms with Gasteiger partial charge in [-0.05, 0) is 40.3 Å². The Bertz CT molecular complexity index is 637. The van der Waals surface area contributed by atoms with Crippen molar-refractivity contribution in [3.8, 4) is 0 Å². The van der Waals surface area contributed by atoms with E-state index in [2.05, 4.69) is 43.2 Å². The number of hydrogen-bond acceptors (Lipinski definition) is 2. The minimum absolute atomic E-state index is 0.100. The highest BCUT2D eigenvalue weighted by Crippen LogP contribution is 2.22. The maximum atomic E-state index is 11.8. The predicted octanol–water partition coefficient (Wildman–Crippen LogP) is 3.71. The lowest BCUT2D eigenvalue weighted by Gasteiger charge is -2.18. The van der Waals surface area contributed by atoms with Gasteiger partial charge in [-0.2, -0.15) is 0 Å². The first kappa shape index (κ1) is 16.0. The van der Waals surface area contributed by atoms with Crippen LogP contribution in [0, 0.1) is 0 Å². The first-order valence-electron chi connectivity index (χ1n) is 7.40. The molecular weight excluding hydrogens is 272 g/mol. The Hall–Kier alpha value is -2.42. The van der Waals surface area contributed by atoms with E-state index >= 15 is 0 Å². The summed E-state index contributed by atoms with van der Waals surface area (Å²) in [6.45, 7) is 7.06. The molecule has 0 spiro atoms. The Balaban J connectivity index is 1.90. The van der Waals surface area contributed by atoms with Gasteiger partial charge in [0.1, 0.15) is 0 Å². The molecule has 0 aliphatic heterocycles. The van der Waals surface area contributed by atoms with Crippen molar-refractivity contribution in [1.29, 1.82) is 0 Å². The molecule has 0 saturated heterocycles. The summed E-state index contributed by atoms with van der Waals surface area (Å²) in [4.78, 5) is 15.7. The van der Waals surface area contributed by atoms with Crippen LogP contribution >= 0.6 is 0 Å². The maximum Gasteiger partial charge on any atom is 0.244 e. The molecule has 1 aromatic heterocycles. The number of carbonyl (C=O) groups is 1. The van der Waals surface area contributed by atoms with Crippen molar-refractivity contribution >= 4 is 12.0 Å². The fourth-order valence-electron chi connectivity index (χ4n) is 2.01. The molecule has 114 valence electrons. The van der Waals surface area contributed by atoms with Crippen LogP contribution in [0.2, 0.25) is 0 Å². The highest BCUT2D eigenvalue weighted by Gasteiger charge is 2.12. The van der Waals surface area contributed by atoms with Crippen LogP contribution in [0.1, 0.15) is 37.5 Å². The monoisotopic (exact) mass is 294 g/mol. The van der Waals surface area contributed by atoms with Crippen LogP contribution < -0.4 is 5.32 Å². The van der Waals surface area contributed by atoms with Crippen LogP contribution in [0.25, 0.3) is 6.08 Å². The van der Waals surface area contributed by atoms with Crippen LogP contribution in [-0.2, 0) is 16.8 Å². The molecule has 0 aliphatic rings. The summed E-state index contributed by atoms with van der Waals surface area (Å²) in [5, 5.41) is 2.85. The van der Waals surface area contributed by atoms with Gasteiger partial charge in [-0.1, -0.05) is 45.0 Å². The van der Waals surface area contributed by atoms with E-state index in [0.29, 0.717) is 6.54 Å². The molecule has 0 bridgehead atoms. The molecule has 1 aromatic carbocycles. The van der Waals surface area contributed by atoms with E-state index in [-0.39, 0.29) is 11.3 Å². The van der Waals surface area contributed by atoms with Crippen molar-refractivity contribution < 1.29 is 4.79 Å². The fraction of sp³-hybridized carbons (Fsp3) is 0.263. The molecular formula is C19H22N2O. The second-order valence-corrected chi connectivity index (χ2v) is 6.28. The van der Waals surface area contributed by atoms with Crippen molar-refractivity contribution in [2.45, 2.75) is 32.7 Å². The first-order valence-corrected chi connectivity index (χ1v) is 7.40. The van der Waals surface area contributed by atoms with Crippen molar-refractivity contribution in [2.75, 3.05) is 0 Å². The normalized spacial score (nSPS) is 11.6. The molecule has 0 aliphatic carbocycles. The van der Waals surface area contributed by atoms with Crippen LogP contribution in [0.3, 0.4) is 0 Å². The second-order valence-electron chi connectivity index (χ2n) is 6.28. The molecule has 3 nitrogen and oxygen atoms in total. The van der Waals surface area contributed by atoms with Crippen molar-refractivity contribution in [1.82, 2.24) is 10.3 Å². The zero-order valence-corrected chi connectivity index (χ0v) is 13.3.